The van der Waals surface area contributed by atoms with E-state index in [2.05, 4.69) is 20.1 Å². The molecular weight excluding hydrogens is 351 g/mol. The van der Waals surface area contributed by atoms with Crippen LogP contribution in [0.25, 0.3) is 0 Å². The Morgan fingerprint density at radius 3 is 2.88 bits per heavy atom. The van der Waals surface area contributed by atoms with E-state index in [1.165, 1.54) is 30.0 Å². The third-order valence-corrected chi connectivity index (χ3v) is 5.16. The second kappa shape index (κ2) is 7.11. The van der Waals surface area contributed by atoms with E-state index in [1.807, 2.05) is 6.92 Å². The van der Waals surface area contributed by atoms with E-state index in [9.17, 15) is 9.18 Å². The number of rotatable bonds is 6. The predicted molar refractivity (Wildman–Crippen MR) is 93.0 cm³/mol. The van der Waals surface area contributed by atoms with Crippen LogP contribution in [0.3, 0.4) is 0 Å². The number of nitrogens with zero attached hydrogens (tertiary/aromatic N) is 3. The molecule has 0 bridgehead atoms. The number of halogens is 2. The Morgan fingerprint density at radius 1 is 1.50 bits per heavy atom. The molecular formula is C16H18ClFN4OS. The summed E-state index contributed by atoms with van der Waals surface area (Å²) in [5.41, 5.74) is 0.118. The molecule has 0 saturated heterocycles. The first-order chi connectivity index (χ1) is 11.5. The van der Waals surface area contributed by atoms with E-state index in [1.54, 1.807) is 6.92 Å². The molecule has 8 heteroatoms. The van der Waals surface area contributed by atoms with E-state index in [-0.39, 0.29) is 16.6 Å². The number of benzene rings is 1. The van der Waals surface area contributed by atoms with Crippen LogP contribution in [-0.2, 0) is 11.3 Å². The first kappa shape index (κ1) is 17.2. The lowest BCUT2D eigenvalue weighted by atomic mass is 10.3. The molecule has 1 heterocycles. The maximum absolute atomic E-state index is 13.8. The Labute approximate surface area is 149 Å². The summed E-state index contributed by atoms with van der Waals surface area (Å²) in [5.74, 6) is 0.649. The van der Waals surface area contributed by atoms with Gasteiger partial charge in [-0.05, 0) is 44.9 Å². The largest absolute Gasteiger partial charge is 0.323 e. The van der Waals surface area contributed by atoms with Gasteiger partial charge >= 0.3 is 0 Å². The van der Waals surface area contributed by atoms with Crippen LogP contribution in [0.4, 0.5) is 10.1 Å². The van der Waals surface area contributed by atoms with E-state index >= 15 is 0 Å². The molecule has 1 amide bonds. The Balaban J connectivity index is 1.68. The molecule has 1 N–H and O–H groups in total. The number of hydrogen-bond donors (Lipinski definition) is 1. The number of carbonyl (C=O) groups excluding carboxylic acids is 1. The maximum Gasteiger partial charge on any atom is 0.237 e. The van der Waals surface area contributed by atoms with Gasteiger partial charge in [-0.2, -0.15) is 0 Å². The molecule has 128 valence electrons. The topological polar surface area (TPSA) is 59.8 Å². The van der Waals surface area contributed by atoms with Crippen LogP contribution in [0.5, 0.6) is 0 Å². The Morgan fingerprint density at radius 2 is 2.25 bits per heavy atom. The summed E-state index contributed by atoms with van der Waals surface area (Å²) in [6.45, 7) is 4.56. The highest BCUT2D eigenvalue weighted by molar-refractivity contribution is 8.00. The third kappa shape index (κ3) is 3.72. The number of aromatic nitrogens is 3. The van der Waals surface area contributed by atoms with Crippen molar-refractivity contribution in [2.45, 2.75) is 49.6 Å². The molecule has 1 aromatic carbocycles. The van der Waals surface area contributed by atoms with Gasteiger partial charge in [-0.3, -0.25) is 4.79 Å². The molecule has 5 nitrogen and oxygen atoms in total. The van der Waals surface area contributed by atoms with Gasteiger partial charge in [-0.1, -0.05) is 23.4 Å². The molecule has 1 aliphatic carbocycles. The second-order valence-electron chi connectivity index (χ2n) is 5.73. The number of anilines is 1. The second-order valence-corrected chi connectivity index (χ2v) is 7.48. The van der Waals surface area contributed by atoms with E-state index in [4.69, 9.17) is 11.6 Å². The van der Waals surface area contributed by atoms with Gasteiger partial charge in [0, 0.05) is 17.5 Å². The maximum atomic E-state index is 13.8. The van der Waals surface area contributed by atoms with Gasteiger partial charge in [-0.15, -0.1) is 10.2 Å². The van der Waals surface area contributed by atoms with Crippen molar-refractivity contribution in [2.75, 3.05) is 5.32 Å². The summed E-state index contributed by atoms with van der Waals surface area (Å²) in [4.78, 5) is 12.3. The van der Waals surface area contributed by atoms with Crippen LogP contribution < -0.4 is 5.32 Å². The smallest absolute Gasteiger partial charge is 0.237 e. The van der Waals surface area contributed by atoms with Crippen molar-refractivity contribution in [3.63, 3.8) is 0 Å². The average molecular weight is 369 g/mol. The minimum Gasteiger partial charge on any atom is -0.323 e. The number of nitrogens with one attached hydrogen (secondary N) is 1. The summed E-state index contributed by atoms with van der Waals surface area (Å²) < 4.78 is 15.8. The highest BCUT2D eigenvalue weighted by Crippen LogP contribution is 2.40. The summed E-state index contributed by atoms with van der Waals surface area (Å²) >= 11 is 7.04. The lowest BCUT2D eigenvalue weighted by molar-refractivity contribution is -0.115. The molecule has 0 unspecified atom stereocenters. The minimum absolute atomic E-state index is 0.118. The van der Waals surface area contributed by atoms with E-state index in [0.29, 0.717) is 5.92 Å². The van der Waals surface area contributed by atoms with Gasteiger partial charge in [0.05, 0.1) is 10.9 Å². The van der Waals surface area contributed by atoms with Gasteiger partial charge < -0.3 is 9.88 Å². The molecule has 0 aliphatic heterocycles. The van der Waals surface area contributed by atoms with Gasteiger partial charge in [0.2, 0.25) is 5.91 Å². The molecule has 2 aromatic rings. The van der Waals surface area contributed by atoms with Gasteiger partial charge in [0.1, 0.15) is 11.6 Å². The summed E-state index contributed by atoms with van der Waals surface area (Å²) in [7, 11) is 0. The lowest BCUT2D eigenvalue weighted by Gasteiger charge is -2.13. The molecule has 1 saturated carbocycles. The molecule has 24 heavy (non-hydrogen) atoms. The Hall–Kier alpha value is -1.60. The zero-order valence-electron chi connectivity index (χ0n) is 13.4. The molecule has 0 spiro atoms. The van der Waals surface area contributed by atoms with Crippen molar-refractivity contribution < 1.29 is 9.18 Å². The zero-order chi connectivity index (χ0) is 17.3. The first-order valence-corrected chi connectivity index (χ1v) is 9.11. The SMILES string of the molecule is CCn1c(S[C@H](C)C(=O)Nc2ccc(Cl)cc2F)nnc1C1CC1. The highest BCUT2D eigenvalue weighted by atomic mass is 35.5. The molecule has 3 rings (SSSR count). The molecule has 1 fully saturated rings. The molecule has 0 radical (unpaired) electrons. The number of carbonyl (C=O) groups is 1. The monoisotopic (exact) mass is 368 g/mol. The van der Waals surface area contributed by atoms with Crippen molar-refractivity contribution in [2.24, 2.45) is 0 Å². The standard InChI is InChI=1S/C16H18ClFN4OS/c1-3-22-14(10-4-5-10)20-21-16(22)24-9(2)15(23)19-13-7-6-11(17)8-12(13)18/h6-10H,3-5H2,1-2H3,(H,19,23)/t9-/m1/s1. The number of hydrogen-bond acceptors (Lipinski definition) is 4. The van der Waals surface area contributed by atoms with Crippen molar-refractivity contribution in [1.82, 2.24) is 14.8 Å². The van der Waals surface area contributed by atoms with Crippen molar-refractivity contribution in [1.29, 1.82) is 0 Å². The fourth-order valence-electron chi connectivity index (χ4n) is 2.36. The summed E-state index contributed by atoms with van der Waals surface area (Å²) in [6, 6.07) is 4.16. The average Bonchev–Trinajstić information content (AvgIpc) is 3.31. The Kier molecular flexibility index (Phi) is 5.10. The predicted octanol–water partition coefficient (Wildman–Crippen LogP) is 4.09. The lowest BCUT2D eigenvalue weighted by Crippen LogP contribution is -2.23. The fourth-order valence-corrected chi connectivity index (χ4v) is 3.44. The van der Waals surface area contributed by atoms with Crippen LogP contribution in [-0.4, -0.2) is 25.9 Å². The third-order valence-electron chi connectivity index (χ3n) is 3.84. The zero-order valence-corrected chi connectivity index (χ0v) is 15.0. The van der Waals surface area contributed by atoms with Crippen LogP contribution in [0.2, 0.25) is 5.02 Å². The van der Waals surface area contributed by atoms with Crippen LogP contribution in [0.1, 0.15) is 38.4 Å². The molecule has 1 aliphatic rings. The minimum atomic E-state index is -0.555. The summed E-state index contributed by atoms with van der Waals surface area (Å²) in [6.07, 6.45) is 2.30. The van der Waals surface area contributed by atoms with Gasteiger partial charge in [0.25, 0.3) is 0 Å². The van der Waals surface area contributed by atoms with Gasteiger partial charge in [-0.25, -0.2) is 4.39 Å². The quantitative estimate of drug-likeness (QED) is 0.780. The van der Waals surface area contributed by atoms with Crippen LogP contribution in [0.15, 0.2) is 23.4 Å². The number of thioether (sulfide) groups is 1. The van der Waals surface area contributed by atoms with Crippen LogP contribution in [0, 0.1) is 5.82 Å². The van der Waals surface area contributed by atoms with Gasteiger partial charge in [0.15, 0.2) is 5.16 Å². The summed E-state index contributed by atoms with van der Waals surface area (Å²) in [5, 5.41) is 11.6. The Bertz CT molecular complexity index is 763. The fraction of sp³-hybridized carbons (Fsp3) is 0.438. The first-order valence-electron chi connectivity index (χ1n) is 7.85. The number of amides is 1. The van der Waals surface area contributed by atoms with Crippen molar-refractivity contribution >= 4 is 35.0 Å². The molecule has 1 atom stereocenters. The van der Waals surface area contributed by atoms with Crippen molar-refractivity contribution in [3.8, 4) is 0 Å². The van der Waals surface area contributed by atoms with Crippen LogP contribution >= 0.6 is 23.4 Å². The van der Waals surface area contributed by atoms with Crippen molar-refractivity contribution in [3.05, 3.63) is 34.9 Å². The van der Waals surface area contributed by atoms with E-state index in [0.717, 1.165) is 30.4 Å². The normalized spacial score (nSPS) is 15.3. The molecule has 1 aromatic heterocycles. The van der Waals surface area contributed by atoms with E-state index < -0.39 is 11.1 Å². The highest BCUT2D eigenvalue weighted by Gasteiger charge is 2.30.